The van der Waals surface area contributed by atoms with Gasteiger partial charge in [-0.2, -0.15) is 0 Å². The third-order valence-corrected chi connectivity index (χ3v) is 3.64. The van der Waals surface area contributed by atoms with E-state index in [2.05, 4.69) is 12.2 Å². The first kappa shape index (κ1) is 18.2. The van der Waals surface area contributed by atoms with Crippen LogP contribution in [0.3, 0.4) is 0 Å². The molecule has 0 bridgehead atoms. The molecule has 1 aromatic rings. The van der Waals surface area contributed by atoms with E-state index in [0.29, 0.717) is 12.1 Å². The molecule has 0 spiro atoms. The van der Waals surface area contributed by atoms with Crippen LogP contribution in [0.15, 0.2) is 30.3 Å². The number of nitrogens with one attached hydrogen (secondary N) is 1. The average Bonchev–Trinajstić information content (AvgIpc) is 2.55. The predicted octanol–water partition coefficient (Wildman–Crippen LogP) is 3.15. The fraction of sp³-hybridized carbons (Fsp3) is 0.529. The van der Waals surface area contributed by atoms with Crippen LogP contribution in [-0.2, 0) is 19.1 Å². The van der Waals surface area contributed by atoms with E-state index in [-0.39, 0.29) is 0 Å². The summed E-state index contributed by atoms with van der Waals surface area (Å²) in [6, 6.07) is 8.98. The molecular weight excluding hydrogens is 282 g/mol. The molecule has 5 nitrogen and oxygen atoms in total. The zero-order valence-electron chi connectivity index (χ0n) is 13.6. The summed E-state index contributed by atoms with van der Waals surface area (Å²) in [5.74, 6) is -1.16. The van der Waals surface area contributed by atoms with Crippen molar-refractivity contribution < 1.29 is 19.1 Å². The number of rotatable bonds is 9. The molecular formula is C17H25NO4. The van der Waals surface area contributed by atoms with Gasteiger partial charge in [-0.15, -0.1) is 0 Å². The molecule has 0 aliphatic heterocycles. The lowest BCUT2D eigenvalue weighted by molar-refractivity contribution is -0.171. The Bertz CT molecular complexity index is 475. The number of hydrogen-bond donors (Lipinski definition) is 1. The van der Waals surface area contributed by atoms with Crippen LogP contribution in [0.1, 0.15) is 39.0 Å². The highest BCUT2D eigenvalue weighted by Gasteiger charge is 2.47. The second kappa shape index (κ2) is 9.20. The zero-order chi connectivity index (χ0) is 16.4. The Balaban J connectivity index is 2.87. The van der Waals surface area contributed by atoms with Crippen molar-refractivity contribution in [2.75, 3.05) is 19.5 Å². The van der Waals surface area contributed by atoms with Crippen molar-refractivity contribution in [2.24, 2.45) is 0 Å². The van der Waals surface area contributed by atoms with Crippen LogP contribution in [0.5, 0.6) is 0 Å². The van der Waals surface area contributed by atoms with Crippen LogP contribution in [-0.4, -0.2) is 31.7 Å². The molecule has 122 valence electrons. The number of methoxy groups -OCH3 is 2. The number of hydrogen-bond acceptors (Lipinski definition) is 4. The van der Waals surface area contributed by atoms with Crippen molar-refractivity contribution in [3.63, 3.8) is 0 Å². The summed E-state index contributed by atoms with van der Waals surface area (Å²) in [6.45, 7) is 2.10. The maximum absolute atomic E-state index is 12.6. The van der Waals surface area contributed by atoms with Gasteiger partial charge in [0.1, 0.15) is 0 Å². The Hall–Kier alpha value is -1.88. The van der Waals surface area contributed by atoms with Gasteiger partial charge in [0, 0.05) is 12.8 Å². The topological polar surface area (TPSA) is 64.6 Å². The Morgan fingerprint density at radius 1 is 1.09 bits per heavy atom. The molecule has 1 N–H and O–H groups in total. The van der Waals surface area contributed by atoms with E-state index in [0.717, 1.165) is 25.7 Å². The molecule has 0 radical (unpaired) electrons. The van der Waals surface area contributed by atoms with Gasteiger partial charge in [0.2, 0.25) is 5.60 Å². The van der Waals surface area contributed by atoms with E-state index in [1.54, 1.807) is 12.1 Å². The van der Waals surface area contributed by atoms with Gasteiger partial charge in [-0.1, -0.05) is 44.4 Å². The number of ether oxygens (including phenoxy) is 2. The Labute approximate surface area is 132 Å². The van der Waals surface area contributed by atoms with Crippen LogP contribution in [0.25, 0.3) is 0 Å². The monoisotopic (exact) mass is 307 g/mol. The number of anilines is 1. The first-order valence-electron chi connectivity index (χ1n) is 7.60. The van der Waals surface area contributed by atoms with Crippen LogP contribution < -0.4 is 5.32 Å². The van der Waals surface area contributed by atoms with Gasteiger partial charge in [-0.25, -0.2) is 4.79 Å². The fourth-order valence-corrected chi connectivity index (χ4v) is 2.31. The van der Waals surface area contributed by atoms with E-state index < -0.39 is 17.5 Å². The summed E-state index contributed by atoms with van der Waals surface area (Å²) in [6.07, 6.45) is 4.10. The number of carbonyl (C=O) groups excluding carboxylic acids is 2. The van der Waals surface area contributed by atoms with Gasteiger partial charge >= 0.3 is 5.97 Å². The summed E-state index contributed by atoms with van der Waals surface area (Å²) >= 11 is 0. The van der Waals surface area contributed by atoms with E-state index in [9.17, 15) is 9.59 Å². The molecule has 0 saturated heterocycles. The van der Waals surface area contributed by atoms with E-state index in [4.69, 9.17) is 9.47 Å². The standard InChI is InChI=1S/C17H25NO4/c1-4-5-6-10-13-17(22-3,16(20)21-2)15(19)18-14-11-8-7-9-12-14/h7-9,11-12H,4-6,10,13H2,1-3H3,(H,18,19)/t17-/m0/s1. The van der Waals surface area contributed by atoms with Gasteiger partial charge < -0.3 is 14.8 Å². The summed E-state index contributed by atoms with van der Waals surface area (Å²) in [5.41, 5.74) is -0.982. The first-order chi connectivity index (χ1) is 10.6. The van der Waals surface area contributed by atoms with Gasteiger partial charge in [-0.3, -0.25) is 4.79 Å². The molecule has 1 aromatic carbocycles. The van der Waals surface area contributed by atoms with E-state index >= 15 is 0 Å². The minimum Gasteiger partial charge on any atom is -0.466 e. The quantitative estimate of drug-likeness (QED) is 0.432. The van der Waals surface area contributed by atoms with Crippen molar-refractivity contribution in [1.82, 2.24) is 0 Å². The first-order valence-corrected chi connectivity index (χ1v) is 7.60. The van der Waals surface area contributed by atoms with Crippen molar-refractivity contribution in [3.05, 3.63) is 30.3 Å². The molecule has 0 aromatic heterocycles. The van der Waals surface area contributed by atoms with Crippen molar-refractivity contribution in [3.8, 4) is 0 Å². The normalized spacial score (nSPS) is 13.2. The van der Waals surface area contributed by atoms with E-state index in [1.807, 2.05) is 18.2 Å². The molecule has 0 heterocycles. The number of amides is 1. The predicted molar refractivity (Wildman–Crippen MR) is 85.6 cm³/mol. The van der Waals surface area contributed by atoms with Crippen LogP contribution in [0.2, 0.25) is 0 Å². The van der Waals surface area contributed by atoms with Crippen molar-refractivity contribution >= 4 is 17.6 Å². The highest BCUT2D eigenvalue weighted by Crippen LogP contribution is 2.24. The number of esters is 1. The van der Waals surface area contributed by atoms with Gasteiger partial charge in [0.25, 0.3) is 5.91 Å². The number of para-hydroxylation sites is 1. The van der Waals surface area contributed by atoms with Crippen molar-refractivity contribution in [2.45, 2.75) is 44.6 Å². The van der Waals surface area contributed by atoms with Gasteiger partial charge in [-0.05, 0) is 25.0 Å². The van der Waals surface area contributed by atoms with Crippen LogP contribution in [0.4, 0.5) is 5.69 Å². The third kappa shape index (κ3) is 4.56. The molecule has 5 heteroatoms. The maximum Gasteiger partial charge on any atom is 0.348 e. The number of unbranched alkanes of at least 4 members (excludes halogenated alkanes) is 3. The lowest BCUT2D eigenvalue weighted by Gasteiger charge is -2.28. The Kier molecular flexibility index (Phi) is 7.60. The lowest BCUT2D eigenvalue weighted by atomic mass is 9.94. The molecule has 0 aliphatic rings. The lowest BCUT2D eigenvalue weighted by Crippen LogP contribution is -2.52. The SMILES string of the molecule is CCCCCC[C@](OC)(C(=O)Nc1ccccc1)C(=O)OC. The summed E-state index contributed by atoms with van der Waals surface area (Å²) in [7, 11) is 2.62. The smallest absolute Gasteiger partial charge is 0.348 e. The molecule has 0 fully saturated rings. The van der Waals surface area contributed by atoms with Crippen LogP contribution in [0, 0.1) is 0 Å². The molecule has 1 rings (SSSR count). The minimum atomic E-state index is -1.60. The van der Waals surface area contributed by atoms with Gasteiger partial charge in [0.15, 0.2) is 0 Å². The molecule has 22 heavy (non-hydrogen) atoms. The maximum atomic E-state index is 12.6. The zero-order valence-corrected chi connectivity index (χ0v) is 13.6. The summed E-state index contributed by atoms with van der Waals surface area (Å²) < 4.78 is 10.1. The average molecular weight is 307 g/mol. The molecule has 0 aliphatic carbocycles. The molecule has 0 saturated carbocycles. The van der Waals surface area contributed by atoms with Crippen LogP contribution >= 0.6 is 0 Å². The fourth-order valence-electron chi connectivity index (χ4n) is 2.31. The molecule has 1 atom stereocenters. The van der Waals surface area contributed by atoms with Gasteiger partial charge in [0.05, 0.1) is 7.11 Å². The Morgan fingerprint density at radius 2 is 1.77 bits per heavy atom. The second-order valence-electron chi connectivity index (χ2n) is 5.15. The highest BCUT2D eigenvalue weighted by atomic mass is 16.6. The molecule has 1 amide bonds. The summed E-state index contributed by atoms with van der Waals surface area (Å²) in [5, 5.41) is 2.73. The van der Waals surface area contributed by atoms with Crippen molar-refractivity contribution in [1.29, 1.82) is 0 Å². The highest BCUT2D eigenvalue weighted by molar-refractivity contribution is 6.12. The third-order valence-electron chi connectivity index (χ3n) is 3.64. The Morgan fingerprint density at radius 3 is 2.32 bits per heavy atom. The number of benzene rings is 1. The second-order valence-corrected chi connectivity index (χ2v) is 5.15. The molecule has 0 unspecified atom stereocenters. The largest absolute Gasteiger partial charge is 0.466 e. The number of carbonyl (C=O) groups is 2. The van der Waals surface area contributed by atoms with E-state index in [1.165, 1.54) is 14.2 Å². The summed E-state index contributed by atoms with van der Waals surface area (Å²) in [4.78, 5) is 24.7. The minimum absolute atomic E-state index is 0.300.